The number of carbonyl (C=O) groups is 6. The van der Waals surface area contributed by atoms with Crippen molar-refractivity contribution < 1.29 is 28.8 Å². The fourth-order valence-electron chi connectivity index (χ4n) is 13.5. The summed E-state index contributed by atoms with van der Waals surface area (Å²) in [7, 11) is 0. The minimum absolute atomic E-state index is 0.425. The molecule has 0 atom stereocenters. The van der Waals surface area contributed by atoms with E-state index in [1.54, 1.807) is 36.4 Å². The average Bonchev–Trinajstić information content (AvgIpc) is 1.22. The number of hydrogen-bond acceptors (Lipinski definition) is 16. The Hall–Kier alpha value is -11.9. The smallest absolute Gasteiger partial charge is 0.258 e. The SMILES string of the molecule is O=C1NC(=O)c2ccc(-c3ccc(-c4ccc(N(c5ccc(-c6ccc(-c7ccc8c9c(cccc79)C(=O)NC8=O)c7nsnc67)cc5)c5ccc(-c6ccc(-c7ccc8c9c(cccc79)C(=O)NC8=O)c7nsnc67)cc5)cc4)c4nsnc34)c3cccc1c23. The molecule has 0 unspecified atom stereocenters. The van der Waals surface area contributed by atoms with Gasteiger partial charge < -0.3 is 4.90 Å². The summed E-state index contributed by atoms with van der Waals surface area (Å²) in [5.41, 5.74) is 20.0. The molecule has 428 valence electrons. The molecule has 0 aliphatic carbocycles. The molecular formula is C72H36N10O6S3. The van der Waals surface area contributed by atoms with E-state index in [1.807, 2.05) is 91.0 Å². The van der Waals surface area contributed by atoms with Gasteiger partial charge >= 0.3 is 0 Å². The summed E-state index contributed by atoms with van der Waals surface area (Å²) in [6.45, 7) is 0. The van der Waals surface area contributed by atoms with Crippen LogP contribution in [0.15, 0.2) is 200 Å². The minimum Gasteiger partial charge on any atom is -0.311 e. The molecule has 6 heterocycles. The maximum Gasteiger partial charge on any atom is 0.258 e. The van der Waals surface area contributed by atoms with Crippen molar-refractivity contribution in [1.29, 1.82) is 0 Å². The third-order valence-corrected chi connectivity index (χ3v) is 19.3. The van der Waals surface area contributed by atoms with E-state index in [2.05, 4.69) is 93.6 Å². The Kier molecular flexibility index (Phi) is 11.4. The number of carbonyl (C=O) groups excluding carboxylic acids is 6. The topological polar surface area (TPSA) is 219 Å². The largest absolute Gasteiger partial charge is 0.311 e. The predicted molar refractivity (Wildman–Crippen MR) is 355 cm³/mol. The quantitative estimate of drug-likeness (QED) is 0.115. The molecular weight excluding hydrogens is 1200 g/mol. The van der Waals surface area contributed by atoms with Crippen molar-refractivity contribution in [2.24, 2.45) is 0 Å². The molecule has 16 nitrogen and oxygen atoms in total. The second kappa shape index (κ2) is 19.8. The molecule has 0 saturated heterocycles. The van der Waals surface area contributed by atoms with Crippen LogP contribution in [-0.2, 0) is 0 Å². The number of fused-ring (bicyclic) bond motifs is 3. The van der Waals surface area contributed by atoms with Gasteiger partial charge in [0, 0.05) is 100.0 Å². The number of amides is 6. The van der Waals surface area contributed by atoms with E-state index in [9.17, 15) is 28.8 Å². The molecule has 0 saturated carbocycles. The zero-order valence-electron chi connectivity index (χ0n) is 46.9. The fourth-order valence-corrected chi connectivity index (χ4v) is 15.3. The predicted octanol–water partition coefficient (Wildman–Crippen LogP) is 15.3. The summed E-state index contributed by atoms with van der Waals surface area (Å²) < 4.78 is 28.9. The van der Waals surface area contributed by atoms with Crippen LogP contribution in [-0.4, -0.2) is 61.7 Å². The number of nitrogens with zero attached hydrogens (tertiary/aromatic N) is 7. The van der Waals surface area contributed by atoms with Gasteiger partial charge in [0.2, 0.25) is 0 Å². The van der Waals surface area contributed by atoms with E-state index in [0.29, 0.717) is 66.1 Å². The third kappa shape index (κ3) is 7.85. The molecule has 3 aromatic heterocycles. The highest BCUT2D eigenvalue weighted by atomic mass is 32.1. The van der Waals surface area contributed by atoms with Gasteiger partial charge in [0.15, 0.2) is 0 Å². The summed E-state index contributed by atoms with van der Waals surface area (Å²) in [6.07, 6.45) is 0. The highest BCUT2D eigenvalue weighted by Gasteiger charge is 2.31. The molecule has 6 amide bonds. The fraction of sp³-hybridized carbons (Fsp3) is 0. The Labute approximate surface area is 526 Å². The van der Waals surface area contributed by atoms with Crippen LogP contribution in [0, 0.1) is 0 Å². The Morgan fingerprint density at radius 2 is 0.451 bits per heavy atom. The van der Waals surface area contributed by atoms with Gasteiger partial charge in [-0.15, -0.1) is 0 Å². The first-order valence-corrected chi connectivity index (χ1v) is 30.9. The summed E-state index contributed by atoms with van der Waals surface area (Å²) in [6, 6.07) is 64.7. The number of aromatic nitrogens is 6. The number of rotatable bonds is 9. The number of benzene rings is 12. The van der Waals surface area contributed by atoms with Gasteiger partial charge in [-0.25, -0.2) is 0 Å². The zero-order chi connectivity index (χ0) is 60.9. The summed E-state index contributed by atoms with van der Waals surface area (Å²) in [5.74, 6) is -2.55. The number of hydrogen-bond donors (Lipinski definition) is 3. The van der Waals surface area contributed by atoms with E-state index in [1.165, 1.54) is 0 Å². The lowest BCUT2D eigenvalue weighted by Crippen LogP contribution is -2.34. The van der Waals surface area contributed by atoms with Gasteiger partial charge in [-0.3, -0.25) is 44.7 Å². The maximum atomic E-state index is 13.0. The lowest BCUT2D eigenvalue weighted by atomic mass is 9.88. The monoisotopic (exact) mass is 1230 g/mol. The van der Waals surface area contributed by atoms with Crippen molar-refractivity contribution in [3.05, 3.63) is 234 Å². The Bertz CT molecular complexity index is 5210. The molecule has 3 aliphatic heterocycles. The van der Waals surface area contributed by atoms with Crippen LogP contribution >= 0.6 is 35.2 Å². The van der Waals surface area contributed by atoms with Crippen molar-refractivity contribution in [2.45, 2.75) is 0 Å². The standard InChI is InChI=1S/C72H36N10O6S3/c83-67-52-7-1-4-46-43(25-31-55(58(46)52)70(86)73-67)49-28-22-40(61-64(49)79-89-76-61)34-10-16-37(17-11-34)82(38-18-12-35(13-19-38)41-23-29-50(65-62(41)77-90-80-65)44-26-32-56-59-47(44)5-2-8-53(59)68(84)74-71(56)87)39-20-14-36(15-21-39)42-24-30-51(66-63(42)78-91-81-66)45-27-33-57-60-48(45)6-3-9-54(60)69(85)75-72(57)88/h1-33H,(H,73,83,86)(H,74,84,87)(H,75,85,88). The zero-order valence-corrected chi connectivity index (χ0v) is 49.3. The van der Waals surface area contributed by atoms with Crippen LogP contribution in [0.3, 0.4) is 0 Å². The molecule has 3 N–H and O–H groups in total. The van der Waals surface area contributed by atoms with Crippen LogP contribution in [0.1, 0.15) is 62.1 Å². The second-order valence-electron chi connectivity index (χ2n) is 22.4. The van der Waals surface area contributed by atoms with E-state index in [0.717, 1.165) is 152 Å². The molecule has 12 aromatic carbocycles. The molecule has 0 spiro atoms. The average molecular weight is 1230 g/mol. The molecule has 0 bridgehead atoms. The van der Waals surface area contributed by atoms with Crippen molar-refractivity contribution in [1.82, 2.24) is 42.2 Å². The van der Waals surface area contributed by atoms with Crippen LogP contribution in [0.2, 0.25) is 0 Å². The van der Waals surface area contributed by atoms with E-state index < -0.39 is 35.4 Å². The van der Waals surface area contributed by atoms with Gasteiger partial charge in [-0.05, 0) is 122 Å². The summed E-state index contributed by atoms with van der Waals surface area (Å²) >= 11 is 3.37. The normalized spacial score (nSPS) is 13.5. The maximum absolute atomic E-state index is 13.0. The molecule has 18 rings (SSSR count). The van der Waals surface area contributed by atoms with Gasteiger partial charge in [0.05, 0.1) is 35.2 Å². The molecule has 0 fully saturated rings. The van der Waals surface area contributed by atoms with Crippen molar-refractivity contribution >= 4 is 153 Å². The van der Waals surface area contributed by atoms with Gasteiger partial charge in [0.1, 0.15) is 33.1 Å². The Morgan fingerprint density at radius 3 is 0.725 bits per heavy atom. The van der Waals surface area contributed by atoms with Crippen LogP contribution in [0.4, 0.5) is 17.1 Å². The first-order valence-electron chi connectivity index (χ1n) is 28.7. The molecule has 0 radical (unpaired) electrons. The van der Waals surface area contributed by atoms with E-state index in [-0.39, 0.29) is 0 Å². The molecule has 91 heavy (non-hydrogen) atoms. The Balaban J connectivity index is 0.719. The number of anilines is 3. The van der Waals surface area contributed by atoms with E-state index >= 15 is 0 Å². The van der Waals surface area contributed by atoms with Crippen LogP contribution in [0.25, 0.3) is 132 Å². The highest BCUT2D eigenvalue weighted by Crippen LogP contribution is 2.46. The summed E-state index contributed by atoms with van der Waals surface area (Å²) in [5, 5.41) is 11.5. The van der Waals surface area contributed by atoms with Crippen molar-refractivity contribution in [2.75, 3.05) is 4.90 Å². The van der Waals surface area contributed by atoms with Crippen molar-refractivity contribution in [3.8, 4) is 66.8 Å². The number of imide groups is 3. The Morgan fingerprint density at radius 1 is 0.231 bits per heavy atom. The summed E-state index contributed by atoms with van der Waals surface area (Å²) in [4.78, 5) is 79.9. The van der Waals surface area contributed by atoms with Crippen molar-refractivity contribution in [3.63, 3.8) is 0 Å². The van der Waals surface area contributed by atoms with E-state index in [4.69, 9.17) is 26.2 Å². The minimum atomic E-state index is -0.425. The van der Waals surface area contributed by atoms with Crippen LogP contribution in [0.5, 0.6) is 0 Å². The molecule has 19 heteroatoms. The second-order valence-corrected chi connectivity index (χ2v) is 23.9. The first-order chi connectivity index (χ1) is 44.6. The third-order valence-electron chi connectivity index (χ3n) is 17.7. The number of nitrogens with one attached hydrogen (secondary N) is 3. The van der Waals surface area contributed by atoms with Gasteiger partial charge in [-0.2, -0.15) is 26.2 Å². The van der Waals surface area contributed by atoms with Gasteiger partial charge in [-0.1, -0.05) is 127 Å². The lowest BCUT2D eigenvalue weighted by Gasteiger charge is -2.26. The van der Waals surface area contributed by atoms with Crippen LogP contribution < -0.4 is 20.9 Å². The van der Waals surface area contributed by atoms with Gasteiger partial charge in [0.25, 0.3) is 35.4 Å². The molecule has 3 aliphatic rings. The molecule has 15 aromatic rings. The highest BCUT2D eigenvalue weighted by molar-refractivity contribution is 7.00. The lowest BCUT2D eigenvalue weighted by molar-refractivity contribution is 0.0828. The first kappa shape index (κ1) is 52.2.